The van der Waals surface area contributed by atoms with Crippen LogP contribution in [0.5, 0.6) is 0 Å². The van der Waals surface area contributed by atoms with Crippen LogP contribution in [0.4, 0.5) is 0 Å². The van der Waals surface area contributed by atoms with Crippen LogP contribution < -0.4 is 16.2 Å². The molecule has 0 bridgehead atoms. The third-order valence-electron chi connectivity index (χ3n) is 3.56. The first-order chi connectivity index (χ1) is 12.5. The van der Waals surface area contributed by atoms with Gasteiger partial charge in [-0.25, -0.2) is 9.67 Å². The Morgan fingerprint density at radius 1 is 1.31 bits per heavy atom. The monoisotopic (exact) mass is 422 g/mol. The van der Waals surface area contributed by atoms with Gasteiger partial charge in [0.1, 0.15) is 22.9 Å². The topological polar surface area (TPSA) is 124 Å². The normalized spacial score (nSPS) is 10.8. The second kappa shape index (κ2) is 7.52. The molecule has 0 saturated carbocycles. The Kier molecular flexibility index (Phi) is 5.16. The fourth-order valence-corrected chi connectivity index (χ4v) is 2.92. The predicted molar refractivity (Wildman–Crippen MR) is 94.5 cm³/mol. The second-order valence-corrected chi connectivity index (χ2v) is 6.12. The van der Waals surface area contributed by atoms with Gasteiger partial charge in [0.25, 0.3) is 11.5 Å². The summed E-state index contributed by atoms with van der Waals surface area (Å²) in [6, 6.07) is 3.15. The summed E-state index contributed by atoms with van der Waals surface area (Å²) in [5.74, 6) is -0.540. The summed E-state index contributed by atoms with van der Waals surface area (Å²) in [7, 11) is 1.67. The molecule has 0 saturated heterocycles. The Hall–Kier alpha value is -2.95. The number of hydrogen-bond acceptors (Lipinski definition) is 6. The van der Waals surface area contributed by atoms with Gasteiger partial charge in [-0.05, 0) is 28.1 Å². The first kappa shape index (κ1) is 17.9. The third-order valence-corrected chi connectivity index (χ3v) is 4.12. The van der Waals surface area contributed by atoms with Crippen LogP contribution in [-0.4, -0.2) is 44.2 Å². The number of furan rings is 1. The maximum Gasteiger partial charge on any atom is 0.287 e. The van der Waals surface area contributed by atoms with Gasteiger partial charge in [-0.3, -0.25) is 19.0 Å². The highest BCUT2D eigenvalue weighted by atomic mass is 79.9. The van der Waals surface area contributed by atoms with Gasteiger partial charge in [0, 0.05) is 20.1 Å². The fraction of sp³-hybridized carbons (Fsp3) is 0.267. The first-order valence-electron chi connectivity index (χ1n) is 7.63. The first-order valence-corrected chi connectivity index (χ1v) is 8.42. The van der Waals surface area contributed by atoms with Crippen LogP contribution in [0.3, 0.4) is 0 Å². The maximum absolute atomic E-state index is 12.4. The van der Waals surface area contributed by atoms with Crippen molar-refractivity contribution in [3.63, 3.8) is 0 Å². The molecule has 3 heterocycles. The van der Waals surface area contributed by atoms with Gasteiger partial charge < -0.3 is 15.1 Å². The zero-order chi connectivity index (χ0) is 18.7. The number of carbonyl (C=O) groups is 2. The molecule has 0 aromatic carbocycles. The summed E-state index contributed by atoms with van der Waals surface area (Å²) in [4.78, 5) is 40.3. The standard InChI is InChI=1S/C15H15BrN6O4/c1-21-13-11(12(16)20-21)15(25)22(8-19-13)7-10(23)17-4-5-18-14(24)9-3-2-6-26-9/h2-3,6,8H,4-5,7H2,1H3,(H,17,23)(H,18,24). The van der Waals surface area contributed by atoms with E-state index in [1.54, 1.807) is 19.2 Å². The van der Waals surface area contributed by atoms with Crippen molar-refractivity contribution in [3.8, 4) is 0 Å². The van der Waals surface area contributed by atoms with Crippen LogP contribution in [0.2, 0.25) is 0 Å². The quantitative estimate of drug-likeness (QED) is 0.540. The van der Waals surface area contributed by atoms with E-state index in [2.05, 4.69) is 36.6 Å². The van der Waals surface area contributed by atoms with E-state index in [1.165, 1.54) is 21.8 Å². The highest BCUT2D eigenvalue weighted by Gasteiger charge is 2.15. The van der Waals surface area contributed by atoms with Gasteiger partial charge in [0.15, 0.2) is 11.4 Å². The molecule has 0 atom stereocenters. The molecule has 0 aliphatic rings. The van der Waals surface area contributed by atoms with Crippen molar-refractivity contribution < 1.29 is 14.0 Å². The Morgan fingerprint density at radius 2 is 2.08 bits per heavy atom. The number of hydrogen-bond donors (Lipinski definition) is 2. The fourth-order valence-electron chi connectivity index (χ4n) is 2.33. The molecule has 11 heteroatoms. The molecule has 3 rings (SSSR count). The molecular weight excluding hydrogens is 408 g/mol. The molecule has 0 spiro atoms. The van der Waals surface area contributed by atoms with Crippen LogP contribution in [0.15, 0.2) is 38.5 Å². The molecule has 0 aliphatic heterocycles. The van der Waals surface area contributed by atoms with Crippen LogP contribution in [-0.2, 0) is 18.4 Å². The molecule has 3 aromatic rings. The highest BCUT2D eigenvalue weighted by molar-refractivity contribution is 9.10. The van der Waals surface area contributed by atoms with E-state index in [0.717, 1.165) is 0 Å². The molecule has 0 unspecified atom stereocenters. The summed E-state index contributed by atoms with van der Waals surface area (Å²) in [6.45, 7) is 0.257. The lowest BCUT2D eigenvalue weighted by Crippen LogP contribution is -2.37. The average molecular weight is 423 g/mol. The molecule has 2 N–H and O–H groups in total. The van der Waals surface area contributed by atoms with Crippen molar-refractivity contribution in [2.45, 2.75) is 6.54 Å². The third kappa shape index (κ3) is 3.67. The summed E-state index contributed by atoms with van der Waals surface area (Å²) < 4.78 is 8.01. The van der Waals surface area contributed by atoms with E-state index in [4.69, 9.17) is 4.42 Å². The number of carbonyl (C=O) groups excluding carboxylic acids is 2. The number of fused-ring (bicyclic) bond motifs is 1. The Balaban J connectivity index is 1.54. The summed E-state index contributed by atoms with van der Waals surface area (Å²) in [6.07, 6.45) is 2.71. The largest absolute Gasteiger partial charge is 0.459 e. The smallest absolute Gasteiger partial charge is 0.287 e. The number of rotatable bonds is 6. The minimum atomic E-state index is -0.375. The lowest BCUT2D eigenvalue weighted by atomic mass is 10.4. The van der Waals surface area contributed by atoms with Gasteiger partial charge in [0.2, 0.25) is 5.91 Å². The Morgan fingerprint density at radius 3 is 2.81 bits per heavy atom. The van der Waals surface area contributed by atoms with E-state index >= 15 is 0 Å². The van der Waals surface area contributed by atoms with Gasteiger partial charge in [-0.15, -0.1) is 0 Å². The van der Waals surface area contributed by atoms with E-state index in [-0.39, 0.29) is 42.8 Å². The number of nitrogens with zero attached hydrogens (tertiary/aromatic N) is 4. The lowest BCUT2D eigenvalue weighted by Gasteiger charge is -2.08. The van der Waals surface area contributed by atoms with Crippen molar-refractivity contribution in [3.05, 3.63) is 45.4 Å². The molecular formula is C15H15BrN6O4. The van der Waals surface area contributed by atoms with Gasteiger partial charge in [-0.2, -0.15) is 5.10 Å². The summed E-state index contributed by atoms with van der Waals surface area (Å²) in [5.41, 5.74) is 0.0652. The second-order valence-electron chi connectivity index (χ2n) is 5.37. The number of nitrogens with one attached hydrogen (secondary N) is 2. The molecule has 136 valence electrons. The molecule has 0 fully saturated rings. The maximum atomic E-state index is 12.4. The summed E-state index contributed by atoms with van der Waals surface area (Å²) >= 11 is 3.22. The zero-order valence-electron chi connectivity index (χ0n) is 13.7. The van der Waals surface area contributed by atoms with Crippen LogP contribution in [0.25, 0.3) is 11.0 Å². The van der Waals surface area contributed by atoms with E-state index in [0.29, 0.717) is 15.6 Å². The molecule has 0 aliphatic carbocycles. The van der Waals surface area contributed by atoms with E-state index < -0.39 is 0 Å². The van der Waals surface area contributed by atoms with Crippen LogP contribution in [0, 0.1) is 0 Å². The highest BCUT2D eigenvalue weighted by Crippen LogP contribution is 2.16. The number of halogens is 1. The van der Waals surface area contributed by atoms with E-state index in [1.807, 2.05) is 0 Å². The van der Waals surface area contributed by atoms with E-state index in [9.17, 15) is 14.4 Å². The Bertz CT molecular complexity index is 1010. The van der Waals surface area contributed by atoms with Crippen molar-refractivity contribution in [2.75, 3.05) is 13.1 Å². The average Bonchev–Trinajstić information content (AvgIpc) is 3.23. The van der Waals surface area contributed by atoms with Crippen molar-refractivity contribution >= 4 is 38.8 Å². The van der Waals surface area contributed by atoms with Crippen LogP contribution in [0.1, 0.15) is 10.6 Å². The van der Waals surface area contributed by atoms with Crippen molar-refractivity contribution in [1.82, 2.24) is 30.0 Å². The van der Waals surface area contributed by atoms with Gasteiger partial charge >= 0.3 is 0 Å². The molecule has 26 heavy (non-hydrogen) atoms. The number of aromatic nitrogens is 4. The minimum absolute atomic E-state index is 0.185. The minimum Gasteiger partial charge on any atom is -0.459 e. The van der Waals surface area contributed by atoms with Gasteiger partial charge in [0.05, 0.1) is 6.26 Å². The molecule has 0 radical (unpaired) electrons. The Labute approximate surface area is 155 Å². The SMILES string of the molecule is Cn1nc(Br)c2c(=O)n(CC(=O)NCCNC(=O)c3ccco3)cnc21. The predicted octanol–water partition coefficient (Wildman–Crippen LogP) is 0.0317. The van der Waals surface area contributed by atoms with Crippen molar-refractivity contribution in [1.29, 1.82) is 0 Å². The number of amides is 2. The molecule has 2 amide bonds. The van der Waals surface area contributed by atoms with Gasteiger partial charge in [-0.1, -0.05) is 0 Å². The zero-order valence-corrected chi connectivity index (χ0v) is 15.3. The lowest BCUT2D eigenvalue weighted by molar-refractivity contribution is -0.121. The van der Waals surface area contributed by atoms with Crippen molar-refractivity contribution in [2.24, 2.45) is 7.05 Å². The molecule has 3 aromatic heterocycles. The molecule has 10 nitrogen and oxygen atoms in total. The summed E-state index contributed by atoms with van der Waals surface area (Å²) in [5, 5.41) is 9.62. The van der Waals surface area contributed by atoms with Crippen LogP contribution >= 0.6 is 15.9 Å². The number of aryl methyl sites for hydroxylation is 1.